The summed E-state index contributed by atoms with van der Waals surface area (Å²) in [6.45, 7) is 3.22. The molecule has 6 heteroatoms. The number of hydrogen-bond acceptors (Lipinski definition) is 2. The third-order valence-electron chi connectivity index (χ3n) is 3.70. The number of fused-ring (bicyclic) bond motifs is 1. The van der Waals surface area contributed by atoms with Gasteiger partial charge < -0.3 is 0 Å². The molecule has 1 aliphatic rings. The van der Waals surface area contributed by atoms with Crippen molar-refractivity contribution >= 4 is 0 Å². The lowest BCUT2D eigenvalue weighted by Gasteiger charge is -2.11. The minimum atomic E-state index is -1.28. The van der Waals surface area contributed by atoms with E-state index in [1.165, 1.54) is 4.57 Å². The summed E-state index contributed by atoms with van der Waals surface area (Å²) < 4.78 is 29.3. The van der Waals surface area contributed by atoms with Gasteiger partial charge in [-0.3, -0.25) is 4.57 Å². The number of nitrogens with zero attached hydrogens (tertiary/aromatic N) is 3. The molecule has 2 heterocycles. The maximum absolute atomic E-state index is 14.1. The number of benzene rings is 1. The van der Waals surface area contributed by atoms with Crippen LogP contribution in [0.1, 0.15) is 36.4 Å². The zero-order valence-corrected chi connectivity index (χ0v) is 11.4. The van der Waals surface area contributed by atoms with Crippen LogP contribution >= 0.6 is 0 Å². The van der Waals surface area contributed by atoms with E-state index in [0.29, 0.717) is 0 Å². The molecule has 21 heavy (non-hydrogen) atoms. The molecule has 4 nitrogen and oxygen atoms in total. The summed E-state index contributed by atoms with van der Waals surface area (Å²) in [5.74, 6) is -0.398. The second-order valence-electron chi connectivity index (χ2n) is 5.13. The molecule has 2 aromatic rings. The van der Waals surface area contributed by atoms with E-state index in [0.717, 1.165) is 10.2 Å². The number of aryl methyl sites for hydroxylation is 1. The van der Waals surface area contributed by atoms with Gasteiger partial charge in [0, 0.05) is 12.8 Å². The van der Waals surface area contributed by atoms with Gasteiger partial charge in [0.25, 0.3) is 0 Å². The van der Waals surface area contributed by atoms with E-state index in [4.69, 9.17) is 0 Å². The van der Waals surface area contributed by atoms with Crippen molar-refractivity contribution in [2.45, 2.75) is 31.6 Å². The molecule has 0 saturated heterocycles. The third-order valence-corrected chi connectivity index (χ3v) is 3.70. The molecular formula is C15H15F2N3O. The van der Waals surface area contributed by atoms with Gasteiger partial charge in [-0.05, 0) is 5.56 Å². The first-order valence-corrected chi connectivity index (χ1v) is 6.79. The highest BCUT2D eigenvalue weighted by Gasteiger charge is 2.36. The van der Waals surface area contributed by atoms with Crippen LogP contribution in [-0.4, -0.2) is 14.3 Å². The molecule has 1 unspecified atom stereocenters. The minimum Gasteiger partial charge on any atom is -0.269 e. The standard InChI is InChI=1S/C15H15F2N3O/c1-10(16)7-8-19-15(21)20-13(9-12(17)14(20)18-19)11-5-3-2-4-6-11/h2-6,12-13H,1,7-9H2/t12?,13-/m0/s1. The predicted molar refractivity (Wildman–Crippen MR) is 74.4 cm³/mol. The zero-order chi connectivity index (χ0) is 15.0. The number of halogens is 2. The van der Waals surface area contributed by atoms with Gasteiger partial charge >= 0.3 is 5.69 Å². The molecule has 1 aliphatic heterocycles. The van der Waals surface area contributed by atoms with Crippen LogP contribution in [0.5, 0.6) is 0 Å². The van der Waals surface area contributed by atoms with Gasteiger partial charge in [-0.15, -0.1) is 0 Å². The molecular weight excluding hydrogens is 276 g/mol. The molecule has 110 valence electrons. The second kappa shape index (κ2) is 5.27. The summed E-state index contributed by atoms with van der Waals surface area (Å²) in [6, 6.07) is 8.93. The Morgan fingerprint density at radius 1 is 1.38 bits per heavy atom. The molecule has 0 aliphatic carbocycles. The molecule has 2 atom stereocenters. The maximum Gasteiger partial charge on any atom is 0.346 e. The van der Waals surface area contributed by atoms with Crippen molar-refractivity contribution in [3.63, 3.8) is 0 Å². The van der Waals surface area contributed by atoms with E-state index < -0.39 is 17.7 Å². The molecule has 0 fully saturated rings. The smallest absolute Gasteiger partial charge is 0.269 e. The average molecular weight is 291 g/mol. The van der Waals surface area contributed by atoms with Crippen LogP contribution in [0.3, 0.4) is 0 Å². The number of rotatable bonds is 4. The Morgan fingerprint density at radius 3 is 2.76 bits per heavy atom. The lowest BCUT2D eigenvalue weighted by Crippen LogP contribution is -2.27. The van der Waals surface area contributed by atoms with Crippen molar-refractivity contribution in [3.05, 3.63) is 64.6 Å². The zero-order valence-electron chi connectivity index (χ0n) is 11.4. The number of allylic oxidation sites excluding steroid dienone is 1. The van der Waals surface area contributed by atoms with Gasteiger partial charge in [0.15, 0.2) is 12.0 Å². The van der Waals surface area contributed by atoms with Gasteiger partial charge in [0.2, 0.25) is 0 Å². The molecule has 0 bridgehead atoms. The highest BCUT2D eigenvalue weighted by molar-refractivity contribution is 5.23. The number of aromatic nitrogens is 3. The third kappa shape index (κ3) is 2.41. The van der Waals surface area contributed by atoms with Gasteiger partial charge in [0.05, 0.1) is 18.4 Å². The normalized spacial score (nSPS) is 20.5. The predicted octanol–water partition coefficient (Wildman–Crippen LogP) is 2.92. The van der Waals surface area contributed by atoms with Crippen LogP contribution in [-0.2, 0) is 6.54 Å². The topological polar surface area (TPSA) is 39.8 Å². The molecule has 0 saturated carbocycles. The molecule has 0 radical (unpaired) electrons. The van der Waals surface area contributed by atoms with Crippen molar-refractivity contribution in [2.75, 3.05) is 0 Å². The van der Waals surface area contributed by atoms with E-state index in [2.05, 4.69) is 11.7 Å². The van der Waals surface area contributed by atoms with E-state index in [9.17, 15) is 13.6 Å². The van der Waals surface area contributed by atoms with Crippen LogP contribution in [0.25, 0.3) is 0 Å². The average Bonchev–Trinajstić information content (AvgIpc) is 2.97. The second-order valence-corrected chi connectivity index (χ2v) is 5.13. The Labute approximate surface area is 120 Å². The Hall–Kier alpha value is -2.24. The SMILES string of the molecule is C=C(F)CCn1nc2n(c1=O)[C@H](c1ccccc1)CC2F. The van der Waals surface area contributed by atoms with E-state index in [1.54, 1.807) is 0 Å². The fraction of sp³-hybridized carbons (Fsp3) is 0.333. The highest BCUT2D eigenvalue weighted by atomic mass is 19.1. The fourth-order valence-electron chi connectivity index (χ4n) is 2.68. The van der Waals surface area contributed by atoms with Gasteiger partial charge in [0.1, 0.15) is 0 Å². The van der Waals surface area contributed by atoms with Gasteiger partial charge in [-0.25, -0.2) is 18.3 Å². The molecule has 1 aromatic heterocycles. The molecule has 0 spiro atoms. The Morgan fingerprint density at radius 2 is 2.10 bits per heavy atom. The Bertz CT molecular complexity index is 720. The molecule has 1 aromatic carbocycles. The van der Waals surface area contributed by atoms with Gasteiger partial charge in [-0.1, -0.05) is 36.9 Å². The van der Waals surface area contributed by atoms with Crippen molar-refractivity contribution in [2.24, 2.45) is 0 Å². The lowest BCUT2D eigenvalue weighted by atomic mass is 10.0. The summed E-state index contributed by atoms with van der Waals surface area (Å²) in [6.07, 6.45) is -1.07. The Kier molecular flexibility index (Phi) is 3.45. The summed E-state index contributed by atoms with van der Waals surface area (Å²) in [7, 11) is 0. The quantitative estimate of drug-likeness (QED) is 0.869. The maximum atomic E-state index is 14.1. The van der Waals surface area contributed by atoms with Crippen molar-refractivity contribution < 1.29 is 8.78 Å². The van der Waals surface area contributed by atoms with E-state index in [-0.39, 0.29) is 31.3 Å². The van der Waals surface area contributed by atoms with Gasteiger partial charge in [-0.2, -0.15) is 5.10 Å². The van der Waals surface area contributed by atoms with E-state index >= 15 is 0 Å². The first-order valence-electron chi connectivity index (χ1n) is 6.79. The monoisotopic (exact) mass is 291 g/mol. The van der Waals surface area contributed by atoms with Crippen molar-refractivity contribution in [1.29, 1.82) is 0 Å². The summed E-state index contributed by atoms with van der Waals surface area (Å²) in [4.78, 5) is 12.3. The fourth-order valence-corrected chi connectivity index (χ4v) is 2.68. The highest BCUT2D eigenvalue weighted by Crippen LogP contribution is 2.38. The van der Waals surface area contributed by atoms with E-state index in [1.807, 2.05) is 30.3 Å². The summed E-state index contributed by atoms with van der Waals surface area (Å²) in [5.41, 5.74) is 0.468. The minimum absolute atomic E-state index is 0.00329. The summed E-state index contributed by atoms with van der Waals surface area (Å²) in [5, 5.41) is 4.00. The first-order chi connectivity index (χ1) is 10.1. The van der Waals surface area contributed by atoms with Crippen LogP contribution in [0.4, 0.5) is 8.78 Å². The molecule has 3 rings (SSSR count). The van der Waals surface area contributed by atoms with Crippen LogP contribution in [0, 0.1) is 0 Å². The molecule has 0 amide bonds. The number of hydrogen-bond donors (Lipinski definition) is 0. The van der Waals surface area contributed by atoms with Crippen molar-refractivity contribution in [3.8, 4) is 0 Å². The lowest BCUT2D eigenvalue weighted by molar-refractivity contribution is 0.322. The largest absolute Gasteiger partial charge is 0.346 e. The summed E-state index contributed by atoms with van der Waals surface area (Å²) >= 11 is 0. The van der Waals surface area contributed by atoms with Crippen LogP contribution < -0.4 is 5.69 Å². The van der Waals surface area contributed by atoms with Crippen LogP contribution in [0.2, 0.25) is 0 Å². The number of alkyl halides is 1. The van der Waals surface area contributed by atoms with Crippen LogP contribution in [0.15, 0.2) is 47.5 Å². The Balaban J connectivity index is 1.99. The molecule has 0 N–H and O–H groups in total. The van der Waals surface area contributed by atoms with Crippen molar-refractivity contribution in [1.82, 2.24) is 14.3 Å². The first kappa shape index (κ1) is 13.7.